The SMILES string of the molecule is Cc1cccc2nc(CNC(=O)[C@H](C)NC(=O)c3ccoc3)cn12. The van der Waals surface area contributed by atoms with E-state index in [-0.39, 0.29) is 11.8 Å². The van der Waals surface area contributed by atoms with Crippen LogP contribution in [-0.2, 0) is 11.3 Å². The lowest BCUT2D eigenvalue weighted by Gasteiger charge is -2.12. The summed E-state index contributed by atoms with van der Waals surface area (Å²) in [5.41, 5.74) is 3.04. The summed E-state index contributed by atoms with van der Waals surface area (Å²) >= 11 is 0. The molecule has 2 N–H and O–H groups in total. The molecule has 3 rings (SSSR count). The highest BCUT2D eigenvalue weighted by molar-refractivity contribution is 5.97. The molecular weight excluding hydrogens is 308 g/mol. The van der Waals surface area contributed by atoms with Gasteiger partial charge in [-0.15, -0.1) is 0 Å². The number of rotatable bonds is 5. The van der Waals surface area contributed by atoms with Gasteiger partial charge in [0.1, 0.15) is 18.0 Å². The van der Waals surface area contributed by atoms with Gasteiger partial charge in [0.15, 0.2) is 0 Å². The fourth-order valence-electron chi connectivity index (χ4n) is 2.35. The Kier molecular flexibility index (Phi) is 4.33. The van der Waals surface area contributed by atoms with E-state index in [1.165, 1.54) is 12.5 Å². The average molecular weight is 326 g/mol. The Morgan fingerprint density at radius 2 is 2.17 bits per heavy atom. The molecule has 0 bridgehead atoms. The lowest BCUT2D eigenvalue weighted by molar-refractivity contribution is -0.122. The molecule has 0 unspecified atom stereocenters. The van der Waals surface area contributed by atoms with Crippen molar-refractivity contribution < 1.29 is 14.0 Å². The summed E-state index contributed by atoms with van der Waals surface area (Å²) < 4.78 is 6.81. The van der Waals surface area contributed by atoms with Crippen molar-refractivity contribution in [2.45, 2.75) is 26.4 Å². The van der Waals surface area contributed by atoms with Gasteiger partial charge in [-0.1, -0.05) is 6.07 Å². The minimum absolute atomic E-state index is 0.277. The molecule has 1 atom stereocenters. The van der Waals surface area contributed by atoms with E-state index in [0.29, 0.717) is 12.1 Å². The Hall–Kier alpha value is -3.09. The van der Waals surface area contributed by atoms with Crippen molar-refractivity contribution in [3.05, 3.63) is 59.9 Å². The van der Waals surface area contributed by atoms with Crippen LogP contribution in [0.5, 0.6) is 0 Å². The average Bonchev–Trinajstić information content (AvgIpc) is 3.22. The number of aryl methyl sites for hydroxylation is 1. The van der Waals surface area contributed by atoms with Crippen molar-refractivity contribution in [2.24, 2.45) is 0 Å². The number of carbonyl (C=O) groups excluding carboxylic acids is 2. The van der Waals surface area contributed by atoms with Crippen LogP contribution in [0.25, 0.3) is 5.65 Å². The van der Waals surface area contributed by atoms with Crippen molar-refractivity contribution in [1.29, 1.82) is 0 Å². The van der Waals surface area contributed by atoms with Crippen LogP contribution in [0.1, 0.15) is 28.7 Å². The van der Waals surface area contributed by atoms with Gasteiger partial charge in [-0.05, 0) is 32.0 Å². The molecule has 0 aliphatic carbocycles. The molecule has 0 aliphatic heterocycles. The number of imidazole rings is 1. The van der Waals surface area contributed by atoms with E-state index in [4.69, 9.17) is 4.42 Å². The topological polar surface area (TPSA) is 88.6 Å². The van der Waals surface area contributed by atoms with Crippen LogP contribution < -0.4 is 10.6 Å². The van der Waals surface area contributed by atoms with Crippen LogP contribution in [-0.4, -0.2) is 27.2 Å². The van der Waals surface area contributed by atoms with Gasteiger partial charge in [0, 0.05) is 11.9 Å². The zero-order valence-electron chi connectivity index (χ0n) is 13.4. The minimum Gasteiger partial charge on any atom is -0.472 e. The molecule has 3 heterocycles. The van der Waals surface area contributed by atoms with Crippen molar-refractivity contribution in [3.8, 4) is 0 Å². The van der Waals surface area contributed by atoms with Crippen LogP contribution in [0.15, 0.2) is 47.4 Å². The fraction of sp³-hybridized carbons (Fsp3) is 0.235. The largest absolute Gasteiger partial charge is 0.472 e. The zero-order chi connectivity index (χ0) is 17.1. The number of hydrogen-bond donors (Lipinski definition) is 2. The normalized spacial score (nSPS) is 12.1. The third kappa shape index (κ3) is 3.29. The molecule has 0 fully saturated rings. The first-order chi connectivity index (χ1) is 11.5. The maximum Gasteiger partial charge on any atom is 0.255 e. The summed E-state index contributed by atoms with van der Waals surface area (Å²) in [5, 5.41) is 5.39. The summed E-state index contributed by atoms with van der Waals surface area (Å²) in [4.78, 5) is 28.5. The van der Waals surface area contributed by atoms with E-state index in [9.17, 15) is 9.59 Å². The van der Waals surface area contributed by atoms with Gasteiger partial charge in [0.2, 0.25) is 5.91 Å². The molecule has 2 amide bonds. The second-order valence-corrected chi connectivity index (χ2v) is 5.55. The molecule has 0 saturated carbocycles. The van der Waals surface area contributed by atoms with E-state index in [1.807, 2.05) is 35.7 Å². The highest BCUT2D eigenvalue weighted by Gasteiger charge is 2.17. The first kappa shape index (κ1) is 15.8. The highest BCUT2D eigenvalue weighted by atomic mass is 16.3. The molecule has 0 aliphatic rings. The second-order valence-electron chi connectivity index (χ2n) is 5.55. The predicted octanol–water partition coefficient (Wildman–Crippen LogP) is 1.67. The summed E-state index contributed by atoms with van der Waals surface area (Å²) in [6, 6.07) is 6.72. The third-order valence-corrected chi connectivity index (χ3v) is 3.71. The van der Waals surface area contributed by atoms with E-state index in [2.05, 4.69) is 15.6 Å². The molecule has 3 aromatic heterocycles. The van der Waals surface area contributed by atoms with Gasteiger partial charge in [0.25, 0.3) is 5.91 Å². The smallest absolute Gasteiger partial charge is 0.255 e. The first-order valence-electron chi connectivity index (χ1n) is 7.59. The summed E-state index contributed by atoms with van der Waals surface area (Å²) in [5.74, 6) is -0.629. The summed E-state index contributed by atoms with van der Waals surface area (Å²) in [7, 11) is 0. The standard InChI is InChI=1S/C17H18N4O3/c1-11-4-3-5-15-20-14(9-21(11)15)8-18-16(22)12(2)19-17(23)13-6-7-24-10-13/h3-7,9-10,12H,8H2,1-2H3,(H,18,22)(H,19,23)/t12-/m0/s1. The minimum atomic E-state index is -0.661. The monoisotopic (exact) mass is 326 g/mol. The lowest BCUT2D eigenvalue weighted by Crippen LogP contribution is -2.44. The molecule has 7 heteroatoms. The van der Waals surface area contributed by atoms with E-state index in [1.54, 1.807) is 13.0 Å². The number of pyridine rings is 1. The number of furan rings is 1. The van der Waals surface area contributed by atoms with Gasteiger partial charge in [-0.3, -0.25) is 9.59 Å². The number of aromatic nitrogens is 2. The first-order valence-corrected chi connectivity index (χ1v) is 7.59. The molecule has 7 nitrogen and oxygen atoms in total. The number of nitrogens with one attached hydrogen (secondary N) is 2. The maximum absolute atomic E-state index is 12.1. The number of fused-ring (bicyclic) bond motifs is 1. The Morgan fingerprint density at radius 3 is 2.88 bits per heavy atom. The van der Waals surface area contributed by atoms with E-state index >= 15 is 0 Å². The molecule has 124 valence electrons. The molecule has 0 spiro atoms. The van der Waals surface area contributed by atoms with Gasteiger partial charge in [0.05, 0.1) is 24.1 Å². The van der Waals surface area contributed by atoms with Gasteiger partial charge in [-0.25, -0.2) is 4.98 Å². The Labute approximate surface area is 138 Å². The summed E-state index contributed by atoms with van der Waals surface area (Å²) in [6.45, 7) is 3.91. The van der Waals surface area contributed by atoms with Gasteiger partial charge in [-0.2, -0.15) is 0 Å². The van der Waals surface area contributed by atoms with Crippen molar-refractivity contribution in [2.75, 3.05) is 0 Å². The van der Waals surface area contributed by atoms with Gasteiger partial charge >= 0.3 is 0 Å². The molecule has 24 heavy (non-hydrogen) atoms. The highest BCUT2D eigenvalue weighted by Crippen LogP contribution is 2.08. The number of nitrogens with zero attached hydrogens (tertiary/aromatic N) is 2. The van der Waals surface area contributed by atoms with E-state index in [0.717, 1.165) is 17.0 Å². The number of hydrogen-bond acceptors (Lipinski definition) is 4. The van der Waals surface area contributed by atoms with Crippen molar-refractivity contribution in [3.63, 3.8) is 0 Å². The maximum atomic E-state index is 12.1. The molecule has 3 aromatic rings. The van der Waals surface area contributed by atoms with Crippen LogP contribution in [0.4, 0.5) is 0 Å². The van der Waals surface area contributed by atoms with Crippen molar-refractivity contribution >= 4 is 17.5 Å². The summed E-state index contributed by atoms with van der Waals surface area (Å²) in [6.07, 6.45) is 4.63. The number of amides is 2. The second kappa shape index (κ2) is 6.57. The molecule has 0 saturated heterocycles. The van der Waals surface area contributed by atoms with Crippen LogP contribution >= 0.6 is 0 Å². The zero-order valence-corrected chi connectivity index (χ0v) is 13.4. The Morgan fingerprint density at radius 1 is 1.33 bits per heavy atom. The van der Waals surface area contributed by atoms with Crippen LogP contribution in [0.3, 0.4) is 0 Å². The predicted molar refractivity (Wildman–Crippen MR) is 87.4 cm³/mol. The number of carbonyl (C=O) groups is 2. The fourth-order valence-corrected chi connectivity index (χ4v) is 2.35. The Balaban J connectivity index is 1.58. The van der Waals surface area contributed by atoms with E-state index < -0.39 is 6.04 Å². The molecule has 0 radical (unpaired) electrons. The molecule has 0 aromatic carbocycles. The Bertz CT molecular complexity index is 867. The van der Waals surface area contributed by atoms with Gasteiger partial charge < -0.3 is 19.5 Å². The quantitative estimate of drug-likeness (QED) is 0.746. The van der Waals surface area contributed by atoms with Crippen LogP contribution in [0.2, 0.25) is 0 Å². The van der Waals surface area contributed by atoms with Crippen molar-refractivity contribution in [1.82, 2.24) is 20.0 Å². The van der Waals surface area contributed by atoms with Crippen LogP contribution in [0, 0.1) is 6.92 Å². The lowest BCUT2D eigenvalue weighted by atomic mass is 10.2. The third-order valence-electron chi connectivity index (χ3n) is 3.71. The molecular formula is C17H18N4O3.